The Labute approximate surface area is 101 Å². The number of rotatable bonds is 5. The molecule has 0 bridgehead atoms. The van der Waals surface area contributed by atoms with E-state index in [1.54, 1.807) is 17.4 Å². The van der Waals surface area contributed by atoms with Gasteiger partial charge in [0.1, 0.15) is 0 Å². The molecule has 1 aromatic heterocycles. The van der Waals surface area contributed by atoms with E-state index in [0.29, 0.717) is 5.11 Å². The summed E-state index contributed by atoms with van der Waals surface area (Å²) in [5.74, 6) is 0. The summed E-state index contributed by atoms with van der Waals surface area (Å²) in [6, 6.07) is 5.65. The first-order valence-corrected chi connectivity index (χ1v) is 5.67. The fraction of sp³-hybridized carbons (Fsp3) is 0.364. The van der Waals surface area contributed by atoms with Crippen LogP contribution in [0.25, 0.3) is 0 Å². The van der Waals surface area contributed by atoms with Crippen molar-refractivity contribution in [1.82, 2.24) is 9.99 Å². The van der Waals surface area contributed by atoms with Crippen molar-refractivity contribution < 1.29 is 0 Å². The highest BCUT2D eigenvalue weighted by Gasteiger charge is 2.02. The van der Waals surface area contributed by atoms with Gasteiger partial charge in [-0.05, 0) is 30.8 Å². The molecule has 86 valence electrons. The summed E-state index contributed by atoms with van der Waals surface area (Å²) in [7, 11) is 0. The Balaban J connectivity index is 2.61. The summed E-state index contributed by atoms with van der Waals surface area (Å²) < 4.78 is 0. The highest BCUT2D eigenvalue weighted by molar-refractivity contribution is 7.80. The summed E-state index contributed by atoms with van der Waals surface area (Å²) in [4.78, 5) is 4.13. The van der Waals surface area contributed by atoms with Gasteiger partial charge in [-0.25, -0.2) is 5.01 Å². The van der Waals surface area contributed by atoms with Crippen LogP contribution in [-0.4, -0.2) is 27.9 Å². The number of hydrazone groups is 1. The van der Waals surface area contributed by atoms with Crippen LogP contribution >= 0.6 is 12.2 Å². The van der Waals surface area contributed by atoms with Crippen molar-refractivity contribution in [2.24, 2.45) is 10.8 Å². The van der Waals surface area contributed by atoms with E-state index in [-0.39, 0.29) is 0 Å². The van der Waals surface area contributed by atoms with Crippen LogP contribution in [0.4, 0.5) is 0 Å². The van der Waals surface area contributed by atoms with E-state index in [1.165, 1.54) is 0 Å². The number of nitrogens with two attached hydrogens (primary N) is 1. The quantitative estimate of drug-likeness (QED) is 0.481. The first kappa shape index (κ1) is 12.6. The molecule has 0 saturated carbocycles. The van der Waals surface area contributed by atoms with Crippen LogP contribution in [-0.2, 0) is 0 Å². The fourth-order valence-corrected chi connectivity index (χ4v) is 1.25. The van der Waals surface area contributed by atoms with Gasteiger partial charge in [-0.2, -0.15) is 5.10 Å². The van der Waals surface area contributed by atoms with Crippen molar-refractivity contribution in [3.8, 4) is 0 Å². The summed E-state index contributed by atoms with van der Waals surface area (Å²) in [5, 5.41) is 6.12. The second-order valence-electron chi connectivity index (χ2n) is 3.31. The molecular weight excluding hydrogens is 220 g/mol. The van der Waals surface area contributed by atoms with Crippen molar-refractivity contribution >= 4 is 23.5 Å². The summed E-state index contributed by atoms with van der Waals surface area (Å²) >= 11 is 4.92. The third-order valence-corrected chi connectivity index (χ3v) is 2.21. The second-order valence-corrected chi connectivity index (χ2v) is 3.73. The lowest BCUT2D eigenvalue weighted by Gasteiger charge is -2.15. The Morgan fingerprint density at radius 3 is 3.00 bits per heavy atom. The van der Waals surface area contributed by atoms with Gasteiger partial charge in [0, 0.05) is 12.7 Å². The molecular formula is C11H16N4S. The van der Waals surface area contributed by atoms with Crippen LogP contribution in [0.2, 0.25) is 0 Å². The van der Waals surface area contributed by atoms with E-state index in [1.807, 2.05) is 18.2 Å². The van der Waals surface area contributed by atoms with Crippen LogP contribution in [0, 0.1) is 0 Å². The highest BCUT2D eigenvalue weighted by atomic mass is 32.1. The number of hydrogen-bond donors (Lipinski definition) is 1. The van der Waals surface area contributed by atoms with Gasteiger partial charge < -0.3 is 5.73 Å². The van der Waals surface area contributed by atoms with E-state index < -0.39 is 0 Å². The molecule has 1 heterocycles. The summed E-state index contributed by atoms with van der Waals surface area (Å²) in [6.45, 7) is 2.86. The van der Waals surface area contributed by atoms with Crippen molar-refractivity contribution in [1.29, 1.82) is 0 Å². The van der Waals surface area contributed by atoms with Crippen LogP contribution in [0.3, 0.4) is 0 Å². The number of aromatic nitrogens is 1. The van der Waals surface area contributed by atoms with Crippen molar-refractivity contribution in [3.05, 3.63) is 30.1 Å². The minimum Gasteiger partial charge on any atom is -0.375 e. The third-order valence-electron chi connectivity index (χ3n) is 2.00. The largest absolute Gasteiger partial charge is 0.375 e. The first-order chi connectivity index (χ1) is 7.74. The molecule has 0 saturated heterocycles. The lowest BCUT2D eigenvalue weighted by molar-refractivity contribution is 0.436. The Bertz CT molecular complexity index is 350. The molecule has 0 unspecified atom stereocenters. The molecule has 0 aliphatic carbocycles. The van der Waals surface area contributed by atoms with Crippen LogP contribution in [0.15, 0.2) is 29.5 Å². The normalized spacial score (nSPS) is 10.6. The number of unbranched alkanes of at least 4 members (excludes halogenated alkanes) is 1. The minimum atomic E-state index is 0.292. The Morgan fingerprint density at radius 2 is 2.44 bits per heavy atom. The average molecular weight is 236 g/mol. The van der Waals surface area contributed by atoms with E-state index in [4.69, 9.17) is 18.0 Å². The molecule has 0 amide bonds. The molecule has 0 atom stereocenters. The molecule has 0 spiro atoms. The van der Waals surface area contributed by atoms with Gasteiger partial charge in [-0.1, -0.05) is 19.4 Å². The van der Waals surface area contributed by atoms with Gasteiger partial charge in [0.05, 0.1) is 11.9 Å². The maximum absolute atomic E-state index is 5.56. The topological polar surface area (TPSA) is 54.5 Å². The smallest absolute Gasteiger partial charge is 0.186 e. The zero-order chi connectivity index (χ0) is 11.8. The SMILES string of the molecule is CCCCN(/N=C/c1ccccn1)C(N)=S. The Hall–Kier alpha value is -1.49. The van der Waals surface area contributed by atoms with Gasteiger partial charge in [-0.15, -0.1) is 0 Å². The molecule has 5 heteroatoms. The molecule has 0 fully saturated rings. The van der Waals surface area contributed by atoms with Gasteiger partial charge in [0.15, 0.2) is 5.11 Å². The summed E-state index contributed by atoms with van der Waals surface area (Å²) in [5.41, 5.74) is 6.36. The predicted molar refractivity (Wildman–Crippen MR) is 70.2 cm³/mol. The number of nitrogens with zero attached hydrogens (tertiary/aromatic N) is 3. The van der Waals surface area contributed by atoms with Crippen molar-refractivity contribution in [2.45, 2.75) is 19.8 Å². The number of hydrogen-bond acceptors (Lipinski definition) is 3. The maximum atomic E-state index is 5.56. The van der Waals surface area contributed by atoms with Gasteiger partial charge in [0.25, 0.3) is 0 Å². The first-order valence-electron chi connectivity index (χ1n) is 5.26. The Morgan fingerprint density at radius 1 is 1.62 bits per heavy atom. The Kier molecular flexibility index (Phi) is 5.42. The summed E-state index contributed by atoms with van der Waals surface area (Å²) in [6.07, 6.45) is 5.47. The molecule has 0 aliphatic heterocycles. The van der Waals surface area contributed by atoms with Gasteiger partial charge in [0.2, 0.25) is 0 Å². The zero-order valence-corrected chi connectivity index (χ0v) is 10.2. The molecule has 16 heavy (non-hydrogen) atoms. The number of pyridine rings is 1. The van der Waals surface area contributed by atoms with E-state index in [2.05, 4.69) is 17.0 Å². The minimum absolute atomic E-state index is 0.292. The van der Waals surface area contributed by atoms with E-state index >= 15 is 0 Å². The molecule has 0 aromatic carbocycles. The molecule has 2 N–H and O–H groups in total. The molecule has 0 aliphatic rings. The maximum Gasteiger partial charge on any atom is 0.186 e. The molecule has 4 nitrogen and oxygen atoms in total. The molecule has 1 rings (SSSR count). The molecule has 0 radical (unpaired) electrons. The van der Waals surface area contributed by atoms with Gasteiger partial charge in [-0.3, -0.25) is 4.98 Å². The predicted octanol–water partition coefficient (Wildman–Crippen LogP) is 1.76. The second kappa shape index (κ2) is 6.90. The third kappa shape index (κ3) is 4.35. The van der Waals surface area contributed by atoms with Crippen LogP contribution in [0.5, 0.6) is 0 Å². The van der Waals surface area contributed by atoms with Crippen molar-refractivity contribution in [3.63, 3.8) is 0 Å². The lowest BCUT2D eigenvalue weighted by Crippen LogP contribution is -2.31. The molecule has 1 aromatic rings. The standard InChI is InChI=1S/C11H16N4S/c1-2-3-8-15(11(12)16)14-9-10-6-4-5-7-13-10/h4-7,9H,2-3,8H2,1H3,(H2,12,16)/b14-9+. The van der Waals surface area contributed by atoms with Gasteiger partial charge >= 0.3 is 0 Å². The zero-order valence-electron chi connectivity index (χ0n) is 9.34. The van der Waals surface area contributed by atoms with Crippen molar-refractivity contribution in [2.75, 3.05) is 6.54 Å². The number of thiocarbonyl (C=S) groups is 1. The monoisotopic (exact) mass is 236 g/mol. The fourth-order valence-electron chi connectivity index (χ4n) is 1.11. The van der Waals surface area contributed by atoms with Crippen LogP contribution < -0.4 is 5.73 Å². The lowest BCUT2D eigenvalue weighted by atomic mass is 10.3. The average Bonchev–Trinajstić information content (AvgIpc) is 2.30. The van der Waals surface area contributed by atoms with Crippen LogP contribution in [0.1, 0.15) is 25.5 Å². The van der Waals surface area contributed by atoms with E-state index in [0.717, 1.165) is 25.1 Å². The highest BCUT2D eigenvalue weighted by Crippen LogP contribution is 1.97. The van der Waals surface area contributed by atoms with E-state index in [9.17, 15) is 0 Å².